The lowest BCUT2D eigenvalue weighted by atomic mass is 10.2. The molecule has 0 bridgehead atoms. The molecule has 0 unspecified atom stereocenters. The van der Waals surface area contributed by atoms with Crippen LogP contribution in [0.3, 0.4) is 0 Å². The number of carbonyl (C=O) groups is 1. The second kappa shape index (κ2) is 5.73. The molecule has 2 rings (SSSR count). The molecule has 1 aromatic rings. The first kappa shape index (κ1) is 12.7. The number of amides is 1. The van der Waals surface area contributed by atoms with Crippen LogP contribution in [-0.4, -0.2) is 23.9 Å². The van der Waals surface area contributed by atoms with Crippen molar-refractivity contribution in [3.8, 4) is 5.75 Å². The molecule has 0 aliphatic carbocycles. The summed E-state index contributed by atoms with van der Waals surface area (Å²) in [5.74, 6) is 1.52. The molecule has 1 aliphatic rings. The minimum atomic E-state index is -0.151. The van der Waals surface area contributed by atoms with Crippen molar-refractivity contribution in [2.75, 3.05) is 12.9 Å². The highest BCUT2D eigenvalue weighted by molar-refractivity contribution is 8.13. The van der Waals surface area contributed by atoms with Crippen LogP contribution in [0.15, 0.2) is 35.0 Å². The molecule has 1 aromatic carbocycles. The molecule has 4 nitrogen and oxygen atoms in total. The Balaban J connectivity index is 2.19. The molecule has 18 heavy (non-hydrogen) atoms. The number of rotatable bonds is 3. The van der Waals surface area contributed by atoms with E-state index in [0.717, 1.165) is 17.1 Å². The van der Waals surface area contributed by atoms with Crippen molar-refractivity contribution in [3.05, 3.63) is 35.5 Å². The van der Waals surface area contributed by atoms with Crippen LogP contribution in [0.5, 0.6) is 5.75 Å². The van der Waals surface area contributed by atoms with Gasteiger partial charge in [0, 0.05) is 0 Å². The van der Waals surface area contributed by atoms with E-state index in [1.54, 1.807) is 13.2 Å². The maximum atomic E-state index is 11.7. The maximum absolute atomic E-state index is 11.7. The van der Waals surface area contributed by atoms with Crippen LogP contribution in [0.1, 0.15) is 12.5 Å². The third kappa shape index (κ3) is 2.92. The SMILES string of the molecule is CCSC1=N/C(=C\c2ccc(OC)cc2)C(=O)N1. The summed E-state index contributed by atoms with van der Waals surface area (Å²) in [4.78, 5) is 15.9. The van der Waals surface area contributed by atoms with Gasteiger partial charge in [0.1, 0.15) is 11.4 Å². The van der Waals surface area contributed by atoms with E-state index in [1.165, 1.54) is 11.8 Å². The Labute approximate surface area is 110 Å². The summed E-state index contributed by atoms with van der Waals surface area (Å²) in [6.07, 6.45) is 1.76. The van der Waals surface area contributed by atoms with E-state index in [2.05, 4.69) is 10.3 Å². The highest BCUT2D eigenvalue weighted by Crippen LogP contribution is 2.18. The Bertz CT molecular complexity index is 506. The number of hydrogen-bond donors (Lipinski definition) is 1. The van der Waals surface area contributed by atoms with Gasteiger partial charge in [-0.15, -0.1) is 0 Å². The number of aliphatic imine (C=N–C) groups is 1. The molecule has 0 saturated carbocycles. The van der Waals surface area contributed by atoms with Gasteiger partial charge >= 0.3 is 0 Å². The van der Waals surface area contributed by atoms with E-state index >= 15 is 0 Å². The first-order valence-corrected chi connectivity index (χ1v) is 6.60. The highest BCUT2D eigenvalue weighted by atomic mass is 32.2. The van der Waals surface area contributed by atoms with Crippen LogP contribution in [-0.2, 0) is 4.79 Å². The lowest BCUT2D eigenvalue weighted by Gasteiger charge is -1.99. The van der Waals surface area contributed by atoms with Crippen molar-refractivity contribution < 1.29 is 9.53 Å². The summed E-state index contributed by atoms with van der Waals surface area (Å²) in [5.41, 5.74) is 1.36. The molecule has 0 fully saturated rings. The molecular formula is C13H14N2O2S. The zero-order valence-electron chi connectivity index (χ0n) is 10.3. The van der Waals surface area contributed by atoms with Gasteiger partial charge in [-0.05, 0) is 29.5 Å². The number of methoxy groups -OCH3 is 1. The molecule has 1 N–H and O–H groups in total. The third-order valence-electron chi connectivity index (χ3n) is 2.38. The summed E-state index contributed by atoms with van der Waals surface area (Å²) in [5, 5.41) is 3.40. The first-order chi connectivity index (χ1) is 8.72. The van der Waals surface area contributed by atoms with Gasteiger partial charge < -0.3 is 4.74 Å². The molecule has 5 heteroatoms. The van der Waals surface area contributed by atoms with Gasteiger partial charge in [-0.1, -0.05) is 30.8 Å². The van der Waals surface area contributed by atoms with Crippen molar-refractivity contribution in [2.24, 2.45) is 4.99 Å². The molecule has 1 aliphatic heterocycles. The standard InChI is InChI=1S/C13H14N2O2S/c1-3-18-13-14-11(12(16)15-13)8-9-4-6-10(17-2)7-5-9/h4-8H,3H2,1-2H3,(H,14,15,16)/b11-8-. The maximum Gasteiger partial charge on any atom is 0.275 e. The van der Waals surface area contributed by atoms with Gasteiger partial charge in [0.15, 0.2) is 5.17 Å². The number of thioether (sulfide) groups is 1. The summed E-state index contributed by atoms with van der Waals surface area (Å²) < 4.78 is 5.08. The second-order valence-corrected chi connectivity index (χ2v) is 4.86. The van der Waals surface area contributed by atoms with Crippen LogP contribution in [0.25, 0.3) is 6.08 Å². The number of hydrogen-bond acceptors (Lipinski definition) is 4. The zero-order valence-corrected chi connectivity index (χ0v) is 11.1. The summed E-state index contributed by atoms with van der Waals surface area (Å²) in [6, 6.07) is 7.48. The van der Waals surface area contributed by atoms with Crippen LogP contribution in [0, 0.1) is 0 Å². The van der Waals surface area contributed by atoms with Crippen molar-refractivity contribution in [1.29, 1.82) is 0 Å². The normalized spacial score (nSPS) is 16.7. The number of nitrogens with one attached hydrogen (secondary N) is 1. The Morgan fingerprint density at radius 1 is 1.39 bits per heavy atom. The fourth-order valence-electron chi connectivity index (χ4n) is 1.51. The summed E-state index contributed by atoms with van der Waals surface area (Å²) >= 11 is 1.52. The molecule has 0 aromatic heterocycles. The largest absolute Gasteiger partial charge is 0.497 e. The second-order valence-electron chi connectivity index (χ2n) is 3.61. The minimum Gasteiger partial charge on any atom is -0.497 e. The average Bonchev–Trinajstić information content (AvgIpc) is 2.71. The molecule has 0 saturated heterocycles. The van der Waals surface area contributed by atoms with E-state index in [1.807, 2.05) is 31.2 Å². The molecule has 1 amide bonds. The molecule has 94 valence electrons. The van der Waals surface area contributed by atoms with Gasteiger partial charge in [-0.3, -0.25) is 10.1 Å². The quantitative estimate of drug-likeness (QED) is 0.850. The molecule has 0 spiro atoms. The van der Waals surface area contributed by atoms with E-state index in [0.29, 0.717) is 10.9 Å². The van der Waals surface area contributed by atoms with Crippen molar-refractivity contribution in [3.63, 3.8) is 0 Å². The van der Waals surface area contributed by atoms with Gasteiger partial charge in [0.2, 0.25) is 0 Å². The van der Waals surface area contributed by atoms with E-state index in [9.17, 15) is 4.79 Å². The predicted molar refractivity (Wildman–Crippen MR) is 74.7 cm³/mol. The fourth-order valence-corrected chi connectivity index (χ4v) is 2.11. The Morgan fingerprint density at radius 2 is 2.11 bits per heavy atom. The number of amidine groups is 1. The first-order valence-electron chi connectivity index (χ1n) is 5.61. The van der Waals surface area contributed by atoms with Gasteiger partial charge in [-0.25, -0.2) is 4.99 Å². The number of nitrogens with zero attached hydrogens (tertiary/aromatic N) is 1. The number of ether oxygens (including phenoxy) is 1. The summed E-state index contributed by atoms with van der Waals surface area (Å²) in [6.45, 7) is 2.02. The van der Waals surface area contributed by atoms with Crippen molar-refractivity contribution >= 4 is 28.9 Å². The number of benzene rings is 1. The van der Waals surface area contributed by atoms with Crippen molar-refractivity contribution in [2.45, 2.75) is 6.92 Å². The topological polar surface area (TPSA) is 50.7 Å². The Morgan fingerprint density at radius 3 is 2.72 bits per heavy atom. The van der Waals surface area contributed by atoms with Crippen LogP contribution in [0.2, 0.25) is 0 Å². The van der Waals surface area contributed by atoms with Crippen LogP contribution < -0.4 is 10.1 Å². The molecule has 0 atom stereocenters. The monoisotopic (exact) mass is 262 g/mol. The Hall–Kier alpha value is -1.75. The smallest absolute Gasteiger partial charge is 0.275 e. The van der Waals surface area contributed by atoms with Gasteiger partial charge in [0.25, 0.3) is 5.91 Å². The lowest BCUT2D eigenvalue weighted by molar-refractivity contribution is -0.115. The fraction of sp³-hybridized carbons (Fsp3) is 0.231. The molecular weight excluding hydrogens is 248 g/mol. The molecule has 1 heterocycles. The lowest BCUT2D eigenvalue weighted by Crippen LogP contribution is -2.21. The minimum absolute atomic E-state index is 0.151. The van der Waals surface area contributed by atoms with E-state index in [-0.39, 0.29) is 5.91 Å². The Kier molecular flexibility index (Phi) is 4.04. The van der Waals surface area contributed by atoms with Crippen LogP contribution >= 0.6 is 11.8 Å². The van der Waals surface area contributed by atoms with Crippen LogP contribution in [0.4, 0.5) is 0 Å². The predicted octanol–water partition coefficient (Wildman–Crippen LogP) is 2.27. The van der Waals surface area contributed by atoms with E-state index in [4.69, 9.17) is 4.74 Å². The van der Waals surface area contributed by atoms with Crippen molar-refractivity contribution in [1.82, 2.24) is 5.32 Å². The highest BCUT2D eigenvalue weighted by Gasteiger charge is 2.19. The summed E-state index contributed by atoms with van der Waals surface area (Å²) in [7, 11) is 1.62. The van der Waals surface area contributed by atoms with Gasteiger partial charge in [0.05, 0.1) is 7.11 Å². The van der Waals surface area contributed by atoms with E-state index < -0.39 is 0 Å². The average molecular weight is 262 g/mol. The third-order valence-corrected chi connectivity index (χ3v) is 3.13. The van der Waals surface area contributed by atoms with Gasteiger partial charge in [-0.2, -0.15) is 0 Å². The number of carbonyl (C=O) groups excluding carboxylic acids is 1. The molecule has 0 radical (unpaired) electrons. The zero-order chi connectivity index (χ0) is 13.0.